The number of hydrogen-bond acceptors (Lipinski definition) is 5. The van der Waals surface area contributed by atoms with Gasteiger partial charge in [-0.15, -0.1) is 0 Å². The molecule has 2 aliphatic heterocycles. The Hall–Kier alpha value is -0.460. The van der Waals surface area contributed by atoms with Gasteiger partial charge in [-0.3, -0.25) is 0 Å². The van der Waals surface area contributed by atoms with E-state index in [1.807, 2.05) is 0 Å². The average molecular weight is 380 g/mol. The molecule has 5 heteroatoms. The second-order valence-corrected chi connectivity index (χ2v) is 9.14. The molecule has 154 valence electrons. The van der Waals surface area contributed by atoms with Crippen LogP contribution in [0.4, 0.5) is 0 Å². The van der Waals surface area contributed by atoms with E-state index in [-0.39, 0.29) is 22.7 Å². The van der Waals surface area contributed by atoms with E-state index >= 15 is 0 Å². The lowest BCUT2D eigenvalue weighted by molar-refractivity contribution is -0.244. The predicted molar refractivity (Wildman–Crippen MR) is 105 cm³/mol. The first-order valence-corrected chi connectivity index (χ1v) is 10.9. The summed E-state index contributed by atoms with van der Waals surface area (Å²) in [7, 11) is 1.79. The third kappa shape index (κ3) is 3.74. The molecule has 0 aromatic heterocycles. The molecular formula is C22H37NO4. The minimum atomic E-state index is -0.384. The molecule has 1 N–H and O–H groups in total. The summed E-state index contributed by atoms with van der Waals surface area (Å²) in [5.41, 5.74) is 1.99. The van der Waals surface area contributed by atoms with Crippen LogP contribution in [-0.2, 0) is 18.9 Å². The number of ether oxygens (including phenoxy) is 4. The Labute approximate surface area is 164 Å². The first kappa shape index (κ1) is 19.8. The maximum Gasteiger partial charge on any atom is 0.168 e. The second-order valence-electron chi connectivity index (χ2n) is 9.14. The number of nitrogens with one attached hydrogen (secondary N) is 1. The largest absolute Gasteiger partial charge is 0.353 e. The van der Waals surface area contributed by atoms with E-state index in [9.17, 15) is 0 Å². The van der Waals surface area contributed by atoms with Gasteiger partial charge >= 0.3 is 0 Å². The highest BCUT2D eigenvalue weighted by Crippen LogP contribution is 2.50. The van der Waals surface area contributed by atoms with E-state index < -0.39 is 0 Å². The molecule has 0 aromatic rings. The van der Waals surface area contributed by atoms with E-state index in [2.05, 4.69) is 25.2 Å². The standard InChI is InChI=1S/C22H37NO4/c1-4-18-16-19(6-10-21(24-3,11-7-19)25-5-2)23-20(17-18)8-12-22(13-9-20)26-14-15-27-22/h4,23H,5-17H2,1-3H3/b18-4-. The quantitative estimate of drug-likeness (QED) is 0.592. The summed E-state index contributed by atoms with van der Waals surface area (Å²) in [5.74, 6) is -0.676. The monoisotopic (exact) mass is 379 g/mol. The number of allylic oxidation sites excluding steroid dienone is 1. The van der Waals surface area contributed by atoms with Gasteiger partial charge in [0.1, 0.15) is 0 Å². The zero-order valence-electron chi connectivity index (χ0n) is 17.4. The molecule has 0 radical (unpaired) electrons. The van der Waals surface area contributed by atoms with Crippen LogP contribution in [0, 0.1) is 0 Å². The number of rotatable bonds is 3. The molecule has 4 aliphatic rings. The van der Waals surface area contributed by atoms with Crippen molar-refractivity contribution in [3.05, 3.63) is 11.6 Å². The van der Waals surface area contributed by atoms with Gasteiger partial charge in [-0.2, -0.15) is 0 Å². The molecule has 2 saturated heterocycles. The van der Waals surface area contributed by atoms with Gasteiger partial charge in [0.05, 0.1) is 13.2 Å². The summed E-state index contributed by atoms with van der Waals surface area (Å²) in [6.45, 7) is 6.47. The molecule has 4 fully saturated rings. The summed E-state index contributed by atoms with van der Waals surface area (Å²) in [6.07, 6.45) is 13.1. The van der Waals surface area contributed by atoms with Crippen molar-refractivity contribution in [2.24, 2.45) is 0 Å². The molecular weight excluding hydrogens is 342 g/mol. The summed E-state index contributed by atoms with van der Waals surface area (Å²) < 4.78 is 23.8. The Kier molecular flexibility index (Phi) is 5.45. The van der Waals surface area contributed by atoms with Crippen LogP contribution in [0.15, 0.2) is 11.6 Å². The molecule has 0 bridgehead atoms. The number of hydrogen-bond donors (Lipinski definition) is 1. The van der Waals surface area contributed by atoms with Crippen molar-refractivity contribution in [3.63, 3.8) is 0 Å². The molecule has 2 saturated carbocycles. The molecule has 0 unspecified atom stereocenters. The highest BCUT2D eigenvalue weighted by molar-refractivity contribution is 5.21. The third-order valence-electron chi connectivity index (χ3n) is 7.60. The highest BCUT2D eigenvalue weighted by Gasteiger charge is 2.53. The summed E-state index contributed by atoms with van der Waals surface area (Å²) in [5, 5.41) is 4.20. The van der Waals surface area contributed by atoms with Gasteiger partial charge in [0.2, 0.25) is 0 Å². The fraction of sp³-hybridized carbons (Fsp3) is 0.909. The molecule has 3 spiro atoms. The lowest BCUT2D eigenvalue weighted by Crippen LogP contribution is -2.66. The summed E-state index contributed by atoms with van der Waals surface area (Å²) >= 11 is 0. The minimum absolute atomic E-state index is 0.182. The van der Waals surface area contributed by atoms with E-state index in [4.69, 9.17) is 18.9 Å². The van der Waals surface area contributed by atoms with Gasteiger partial charge in [-0.05, 0) is 52.4 Å². The predicted octanol–water partition coefficient (Wildman–Crippen LogP) is 4.06. The number of piperidine rings is 1. The van der Waals surface area contributed by atoms with Crippen LogP contribution in [-0.4, -0.2) is 49.6 Å². The smallest absolute Gasteiger partial charge is 0.168 e. The Morgan fingerprint density at radius 1 is 0.926 bits per heavy atom. The number of methoxy groups -OCH3 is 1. The molecule has 2 aliphatic carbocycles. The van der Waals surface area contributed by atoms with Crippen molar-refractivity contribution >= 4 is 0 Å². The minimum Gasteiger partial charge on any atom is -0.353 e. The van der Waals surface area contributed by atoms with Gasteiger partial charge in [-0.1, -0.05) is 11.6 Å². The van der Waals surface area contributed by atoms with Crippen molar-refractivity contribution in [1.82, 2.24) is 5.32 Å². The van der Waals surface area contributed by atoms with E-state index in [1.165, 1.54) is 6.42 Å². The molecule has 5 nitrogen and oxygen atoms in total. The van der Waals surface area contributed by atoms with Crippen LogP contribution < -0.4 is 5.32 Å². The van der Waals surface area contributed by atoms with Crippen LogP contribution in [0.3, 0.4) is 0 Å². The maximum absolute atomic E-state index is 6.01. The lowest BCUT2D eigenvalue weighted by atomic mass is 9.64. The zero-order valence-corrected chi connectivity index (χ0v) is 17.4. The van der Waals surface area contributed by atoms with Crippen LogP contribution in [0.2, 0.25) is 0 Å². The van der Waals surface area contributed by atoms with Crippen LogP contribution in [0.25, 0.3) is 0 Å². The average Bonchev–Trinajstić information content (AvgIpc) is 3.15. The Bertz CT molecular complexity index is 549. The van der Waals surface area contributed by atoms with E-state index in [0.717, 1.165) is 71.0 Å². The Balaban J connectivity index is 1.48. The molecule has 0 amide bonds. The van der Waals surface area contributed by atoms with Gasteiger partial charge in [-0.25, -0.2) is 0 Å². The van der Waals surface area contributed by atoms with Gasteiger partial charge in [0, 0.05) is 50.5 Å². The van der Waals surface area contributed by atoms with Crippen LogP contribution in [0.1, 0.15) is 78.1 Å². The van der Waals surface area contributed by atoms with Gasteiger partial charge < -0.3 is 24.3 Å². The Morgan fingerprint density at radius 2 is 1.48 bits per heavy atom. The molecule has 27 heavy (non-hydrogen) atoms. The highest BCUT2D eigenvalue weighted by atomic mass is 16.7. The first-order chi connectivity index (χ1) is 13.0. The molecule has 0 aromatic carbocycles. The zero-order chi connectivity index (χ0) is 19.0. The normalized spacial score (nSPS) is 39.6. The molecule has 0 atom stereocenters. The fourth-order valence-electron chi connectivity index (χ4n) is 6.07. The first-order valence-electron chi connectivity index (χ1n) is 10.9. The van der Waals surface area contributed by atoms with Gasteiger partial charge in [0.25, 0.3) is 0 Å². The summed E-state index contributed by atoms with van der Waals surface area (Å²) in [4.78, 5) is 0. The molecule has 4 rings (SSSR count). The maximum atomic E-state index is 6.01. The van der Waals surface area contributed by atoms with Crippen molar-refractivity contribution in [1.29, 1.82) is 0 Å². The topological polar surface area (TPSA) is 49.0 Å². The fourth-order valence-corrected chi connectivity index (χ4v) is 6.07. The van der Waals surface area contributed by atoms with Crippen LogP contribution in [0.5, 0.6) is 0 Å². The Morgan fingerprint density at radius 3 is 1.96 bits per heavy atom. The second kappa shape index (κ2) is 7.42. The van der Waals surface area contributed by atoms with Crippen molar-refractivity contribution in [3.8, 4) is 0 Å². The lowest BCUT2D eigenvalue weighted by Gasteiger charge is -2.57. The van der Waals surface area contributed by atoms with Gasteiger partial charge in [0.15, 0.2) is 11.6 Å². The van der Waals surface area contributed by atoms with Crippen LogP contribution >= 0.6 is 0 Å². The van der Waals surface area contributed by atoms with E-state index in [1.54, 1.807) is 12.7 Å². The molecule has 2 heterocycles. The SMILES string of the molecule is C/C=C1/CC2(CCC(OC)(OCC)CC2)NC2(CCC3(CC2)OCCO3)C1. The third-order valence-corrected chi connectivity index (χ3v) is 7.60. The summed E-state index contributed by atoms with van der Waals surface area (Å²) in [6, 6.07) is 0. The van der Waals surface area contributed by atoms with Crippen molar-refractivity contribution in [2.45, 2.75) is 101 Å². The van der Waals surface area contributed by atoms with Crippen molar-refractivity contribution in [2.75, 3.05) is 26.9 Å². The van der Waals surface area contributed by atoms with E-state index in [0.29, 0.717) is 6.61 Å². The van der Waals surface area contributed by atoms with Crippen molar-refractivity contribution < 1.29 is 18.9 Å².